The molecule has 0 spiro atoms. The summed E-state index contributed by atoms with van der Waals surface area (Å²) in [5, 5.41) is 0. The second-order valence-electron chi connectivity index (χ2n) is 6.98. The maximum atomic E-state index is 13.2. The molecule has 1 N–H and O–H groups in total. The fourth-order valence-corrected chi connectivity index (χ4v) is 5.95. The van der Waals surface area contributed by atoms with Crippen molar-refractivity contribution in [2.45, 2.75) is 42.9 Å². The number of benzene rings is 2. The number of anilines is 1. The Labute approximate surface area is 172 Å². The first kappa shape index (κ1) is 21.6. The van der Waals surface area contributed by atoms with Gasteiger partial charge in [0.2, 0.25) is 10.0 Å². The zero-order chi connectivity index (χ0) is 21.1. The Kier molecular flexibility index (Phi) is 6.50. The van der Waals surface area contributed by atoms with Crippen LogP contribution >= 0.6 is 0 Å². The van der Waals surface area contributed by atoms with Crippen LogP contribution in [0.1, 0.15) is 31.7 Å². The Morgan fingerprint density at radius 3 is 2.24 bits per heavy atom. The molecule has 1 aliphatic heterocycles. The summed E-state index contributed by atoms with van der Waals surface area (Å²) < 4.78 is 61.1. The van der Waals surface area contributed by atoms with Gasteiger partial charge in [0, 0.05) is 13.1 Å². The third-order valence-corrected chi connectivity index (χ3v) is 8.08. The van der Waals surface area contributed by atoms with Gasteiger partial charge in [-0.25, -0.2) is 16.8 Å². The third kappa shape index (κ3) is 4.91. The molecular weight excluding hydrogens is 412 g/mol. The van der Waals surface area contributed by atoms with Crippen LogP contribution in [0.5, 0.6) is 5.75 Å². The fraction of sp³-hybridized carbons (Fsp3) is 0.400. The van der Waals surface area contributed by atoms with Crippen molar-refractivity contribution in [1.29, 1.82) is 0 Å². The molecule has 0 unspecified atom stereocenters. The van der Waals surface area contributed by atoms with Crippen molar-refractivity contribution in [2.24, 2.45) is 0 Å². The van der Waals surface area contributed by atoms with Crippen molar-refractivity contribution < 1.29 is 21.6 Å². The van der Waals surface area contributed by atoms with Gasteiger partial charge in [-0.3, -0.25) is 4.72 Å². The molecule has 2 aromatic carbocycles. The van der Waals surface area contributed by atoms with Crippen LogP contribution in [-0.2, 0) is 20.0 Å². The quantitative estimate of drug-likeness (QED) is 0.715. The minimum Gasteiger partial charge on any atom is -0.492 e. The van der Waals surface area contributed by atoms with E-state index in [1.54, 1.807) is 19.1 Å². The molecular formula is C20H26N2O5S2. The summed E-state index contributed by atoms with van der Waals surface area (Å²) in [4.78, 5) is 0.0859. The molecule has 1 heterocycles. The second kappa shape index (κ2) is 8.73. The number of hydrogen-bond acceptors (Lipinski definition) is 5. The third-order valence-electron chi connectivity index (χ3n) is 4.76. The van der Waals surface area contributed by atoms with Crippen LogP contribution in [0.3, 0.4) is 0 Å². The van der Waals surface area contributed by atoms with Gasteiger partial charge in [0.1, 0.15) is 10.6 Å². The van der Waals surface area contributed by atoms with Gasteiger partial charge in [0.25, 0.3) is 10.0 Å². The lowest BCUT2D eigenvalue weighted by atomic mass is 10.2. The molecule has 158 valence electrons. The predicted molar refractivity (Wildman–Crippen MR) is 112 cm³/mol. The highest BCUT2D eigenvalue weighted by atomic mass is 32.2. The molecule has 0 aromatic heterocycles. The molecule has 0 aliphatic carbocycles. The summed E-state index contributed by atoms with van der Waals surface area (Å²) in [6.07, 6.45) is 2.62. The van der Waals surface area contributed by atoms with Crippen LogP contribution in [0.4, 0.5) is 5.69 Å². The summed E-state index contributed by atoms with van der Waals surface area (Å²) in [6, 6.07) is 10.8. The molecule has 0 atom stereocenters. The van der Waals surface area contributed by atoms with Crippen molar-refractivity contribution in [3.8, 4) is 5.75 Å². The molecule has 29 heavy (non-hydrogen) atoms. The zero-order valence-corrected chi connectivity index (χ0v) is 18.2. The lowest BCUT2D eigenvalue weighted by Gasteiger charge is -2.27. The average Bonchev–Trinajstić information content (AvgIpc) is 2.70. The summed E-state index contributed by atoms with van der Waals surface area (Å²) in [5.41, 5.74) is 1.12. The molecule has 0 radical (unpaired) electrons. The van der Waals surface area contributed by atoms with Gasteiger partial charge in [-0.05, 0) is 57.0 Å². The van der Waals surface area contributed by atoms with E-state index in [1.165, 1.54) is 34.6 Å². The smallest absolute Gasteiger partial charge is 0.261 e. The SMILES string of the molecule is CCOc1ccc(NS(=O)(=O)c2ccc(C)cc2)cc1S(=O)(=O)N1CCCCC1. The van der Waals surface area contributed by atoms with Crippen molar-refractivity contribution >= 4 is 25.7 Å². The maximum Gasteiger partial charge on any atom is 0.261 e. The van der Waals surface area contributed by atoms with Crippen molar-refractivity contribution in [1.82, 2.24) is 4.31 Å². The molecule has 9 heteroatoms. The van der Waals surface area contributed by atoms with E-state index >= 15 is 0 Å². The van der Waals surface area contributed by atoms with Gasteiger partial charge >= 0.3 is 0 Å². The fourth-order valence-electron chi connectivity index (χ4n) is 3.22. The van der Waals surface area contributed by atoms with Gasteiger partial charge in [-0.15, -0.1) is 0 Å². The molecule has 0 saturated carbocycles. The molecule has 7 nitrogen and oxygen atoms in total. The Bertz CT molecular complexity index is 1060. The normalized spacial score (nSPS) is 15.8. The first-order valence-electron chi connectivity index (χ1n) is 9.60. The van der Waals surface area contributed by atoms with Gasteiger partial charge in [-0.1, -0.05) is 24.1 Å². The van der Waals surface area contributed by atoms with Crippen LogP contribution in [0.25, 0.3) is 0 Å². The second-order valence-corrected chi connectivity index (χ2v) is 10.6. The summed E-state index contributed by atoms with van der Waals surface area (Å²) >= 11 is 0. The first-order valence-corrected chi connectivity index (χ1v) is 12.5. The van der Waals surface area contributed by atoms with Gasteiger partial charge in [0.15, 0.2) is 0 Å². The maximum absolute atomic E-state index is 13.2. The van der Waals surface area contributed by atoms with Gasteiger partial charge in [0.05, 0.1) is 17.2 Å². The van der Waals surface area contributed by atoms with E-state index in [-0.39, 0.29) is 21.2 Å². The standard InChI is InChI=1S/C20H26N2O5S2/c1-3-27-19-12-9-17(21-28(23,24)18-10-7-16(2)8-11-18)15-20(19)29(25,26)22-13-5-4-6-14-22/h7-12,15,21H,3-6,13-14H2,1-2H3. The first-order chi connectivity index (χ1) is 13.7. The number of hydrogen-bond donors (Lipinski definition) is 1. The van der Waals surface area contributed by atoms with Gasteiger partial charge in [-0.2, -0.15) is 4.31 Å². The Morgan fingerprint density at radius 2 is 1.62 bits per heavy atom. The summed E-state index contributed by atoms with van der Waals surface area (Å²) in [6.45, 7) is 4.84. The van der Waals surface area contributed by atoms with Gasteiger partial charge < -0.3 is 4.74 Å². The van der Waals surface area contributed by atoms with E-state index in [9.17, 15) is 16.8 Å². The lowest BCUT2D eigenvalue weighted by molar-refractivity contribution is 0.323. The highest BCUT2D eigenvalue weighted by molar-refractivity contribution is 7.92. The van der Waals surface area contributed by atoms with E-state index in [0.717, 1.165) is 24.8 Å². The number of sulfonamides is 2. The Balaban J connectivity index is 1.97. The van der Waals surface area contributed by atoms with E-state index < -0.39 is 20.0 Å². The predicted octanol–water partition coefficient (Wildman–Crippen LogP) is 3.37. The number of piperidine rings is 1. The van der Waals surface area contributed by atoms with Crippen LogP contribution in [0.2, 0.25) is 0 Å². The van der Waals surface area contributed by atoms with Crippen LogP contribution in [-0.4, -0.2) is 40.8 Å². The highest BCUT2D eigenvalue weighted by Gasteiger charge is 2.29. The van der Waals surface area contributed by atoms with E-state index in [1.807, 2.05) is 6.92 Å². The molecule has 1 fully saturated rings. The molecule has 0 bridgehead atoms. The van der Waals surface area contributed by atoms with Crippen molar-refractivity contribution in [3.63, 3.8) is 0 Å². The van der Waals surface area contributed by atoms with Crippen LogP contribution in [0.15, 0.2) is 52.3 Å². The largest absolute Gasteiger partial charge is 0.492 e. The highest BCUT2D eigenvalue weighted by Crippen LogP contribution is 2.32. The molecule has 1 aliphatic rings. The number of nitrogens with one attached hydrogen (secondary N) is 1. The number of aryl methyl sites for hydroxylation is 1. The number of ether oxygens (including phenoxy) is 1. The minimum atomic E-state index is -3.84. The molecule has 1 saturated heterocycles. The Hall–Kier alpha value is -2.10. The van der Waals surface area contributed by atoms with Crippen LogP contribution < -0.4 is 9.46 Å². The molecule has 3 rings (SSSR count). The molecule has 2 aromatic rings. The van der Waals surface area contributed by atoms with Crippen molar-refractivity contribution in [3.05, 3.63) is 48.0 Å². The van der Waals surface area contributed by atoms with Crippen LogP contribution in [0, 0.1) is 6.92 Å². The monoisotopic (exact) mass is 438 g/mol. The van der Waals surface area contributed by atoms with E-state index in [4.69, 9.17) is 4.74 Å². The Morgan fingerprint density at radius 1 is 0.966 bits per heavy atom. The van der Waals surface area contributed by atoms with E-state index in [2.05, 4.69) is 4.72 Å². The summed E-state index contributed by atoms with van der Waals surface area (Å²) in [5.74, 6) is 0.219. The summed E-state index contributed by atoms with van der Waals surface area (Å²) in [7, 11) is -7.63. The molecule has 0 amide bonds. The average molecular weight is 439 g/mol. The number of nitrogens with zero attached hydrogens (tertiary/aromatic N) is 1. The lowest BCUT2D eigenvalue weighted by Crippen LogP contribution is -2.35. The zero-order valence-electron chi connectivity index (χ0n) is 16.6. The van der Waals surface area contributed by atoms with Crippen molar-refractivity contribution in [2.75, 3.05) is 24.4 Å². The minimum absolute atomic E-state index is 0.0228. The number of rotatable bonds is 7. The topological polar surface area (TPSA) is 92.8 Å². The van der Waals surface area contributed by atoms with E-state index in [0.29, 0.717) is 19.7 Å².